The summed E-state index contributed by atoms with van der Waals surface area (Å²) in [6.07, 6.45) is 0. The zero-order chi connectivity index (χ0) is 7.56. The van der Waals surface area contributed by atoms with E-state index in [1.54, 1.807) is 0 Å². The number of azo groups is 1. The Labute approximate surface area is 65.1 Å². The van der Waals surface area contributed by atoms with Gasteiger partial charge in [0.25, 0.3) is 0 Å². The van der Waals surface area contributed by atoms with Gasteiger partial charge < -0.3 is 0 Å². The molecule has 0 atom stereocenters. The summed E-state index contributed by atoms with van der Waals surface area (Å²) in [7, 11) is -2.37. The molecule has 0 saturated carbocycles. The highest BCUT2D eigenvalue weighted by Crippen LogP contribution is 2.14. The van der Waals surface area contributed by atoms with Crippen LogP contribution >= 0.6 is 11.8 Å². The fourth-order valence-corrected chi connectivity index (χ4v) is 1.83. The Hall–Kier alpha value is -0.470. The Morgan fingerprint density at radius 3 is 2.40 bits per heavy atom. The lowest BCUT2D eigenvalue weighted by Gasteiger charge is -1.72. The molecular weight excluding hydrogens is 196 g/mol. The lowest BCUT2D eigenvalue weighted by Crippen LogP contribution is -1.84. The van der Waals surface area contributed by atoms with E-state index in [0.29, 0.717) is 0 Å². The largest absolute Gasteiger partial charge is 0.249 e. The van der Waals surface area contributed by atoms with Crippen LogP contribution in [0.4, 0.5) is 0 Å². The van der Waals surface area contributed by atoms with Gasteiger partial charge in [-0.05, 0) is 11.8 Å². The molecule has 0 fully saturated rings. The summed E-state index contributed by atoms with van der Waals surface area (Å²) >= 11 is 0.885. The van der Waals surface area contributed by atoms with Crippen molar-refractivity contribution in [1.29, 1.82) is 0 Å². The maximum absolute atomic E-state index is 10.1. The molecule has 0 N–H and O–H groups in total. The third kappa shape index (κ3) is 1.52. The Bertz CT molecular complexity index is 351. The van der Waals surface area contributed by atoms with Crippen molar-refractivity contribution in [2.75, 3.05) is 0 Å². The third-order valence-corrected chi connectivity index (χ3v) is 2.82. The van der Waals surface area contributed by atoms with Crippen LogP contribution in [-0.2, 0) is 21.5 Å². The van der Waals surface area contributed by atoms with Gasteiger partial charge in [-0.3, -0.25) is 0 Å². The van der Waals surface area contributed by atoms with E-state index in [0.717, 1.165) is 11.8 Å². The number of hydrogen-bond donors (Lipinski definition) is 0. The SMILES string of the molecule is O=S=C1N=NC(=S(=O)=O)S1. The number of rotatable bonds is 0. The van der Waals surface area contributed by atoms with Gasteiger partial charge in [-0.2, -0.15) is 8.42 Å². The van der Waals surface area contributed by atoms with E-state index in [1.165, 1.54) is 0 Å². The second kappa shape index (κ2) is 3.08. The van der Waals surface area contributed by atoms with E-state index in [-0.39, 0.29) is 19.9 Å². The molecule has 1 rings (SSSR count). The van der Waals surface area contributed by atoms with Crippen molar-refractivity contribution in [1.82, 2.24) is 0 Å². The molecule has 0 aromatic carbocycles. The van der Waals surface area contributed by atoms with E-state index in [4.69, 9.17) is 0 Å². The van der Waals surface area contributed by atoms with Crippen LogP contribution in [-0.4, -0.2) is 21.3 Å². The molecular formula is C2N2O3S3. The Kier molecular flexibility index (Phi) is 2.35. The van der Waals surface area contributed by atoms with Crippen molar-refractivity contribution in [3.05, 3.63) is 0 Å². The Morgan fingerprint density at radius 1 is 1.40 bits per heavy atom. The fourth-order valence-electron chi connectivity index (χ4n) is 0.298. The first kappa shape index (κ1) is 7.63. The van der Waals surface area contributed by atoms with Crippen LogP contribution in [0.25, 0.3) is 0 Å². The molecule has 1 aliphatic heterocycles. The lowest BCUT2D eigenvalue weighted by molar-refractivity contribution is 0.627. The van der Waals surface area contributed by atoms with Gasteiger partial charge in [0, 0.05) is 0 Å². The quantitative estimate of drug-likeness (QED) is 0.487. The molecule has 0 unspecified atom stereocenters. The van der Waals surface area contributed by atoms with Gasteiger partial charge in [-0.1, -0.05) is 0 Å². The summed E-state index contributed by atoms with van der Waals surface area (Å²) in [6, 6.07) is 0. The van der Waals surface area contributed by atoms with E-state index in [2.05, 4.69) is 10.2 Å². The molecule has 1 aliphatic rings. The molecule has 8 heteroatoms. The van der Waals surface area contributed by atoms with Crippen LogP contribution in [0.5, 0.6) is 0 Å². The molecule has 0 amide bonds. The highest BCUT2D eigenvalue weighted by Gasteiger charge is 2.13. The van der Waals surface area contributed by atoms with Crippen molar-refractivity contribution in [3.8, 4) is 0 Å². The van der Waals surface area contributed by atoms with Crippen molar-refractivity contribution >= 4 is 42.0 Å². The van der Waals surface area contributed by atoms with Crippen LogP contribution < -0.4 is 0 Å². The maximum Gasteiger partial charge on any atom is 0.249 e. The average Bonchev–Trinajstić information content (AvgIpc) is 2.34. The summed E-state index contributed by atoms with van der Waals surface area (Å²) in [4.78, 5) is 0. The summed E-state index contributed by atoms with van der Waals surface area (Å²) in [6.45, 7) is 0. The van der Waals surface area contributed by atoms with E-state index in [1.807, 2.05) is 0 Å². The van der Waals surface area contributed by atoms with Crippen molar-refractivity contribution < 1.29 is 12.6 Å². The first-order chi connectivity index (χ1) is 4.74. The highest BCUT2D eigenvalue weighted by molar-refractivity contribution is 8.36. The zero-order valence-corrected chi connectivity index (χ0v) is 6.79. The predicted molar refractivity (Wildman–Crippen MR) is 39.5 cm³/mol. The van der Waals surface area contributed by atoms with Gasteiger partial charge in [0.1, 0.15) is 11.3 Å². The maximum atomic E-state index is 10.1. The van der Waals surface area contributed by atoms with Crippen molar-refractivity contribution in [2.45, 2.75) is 0 Å². The topological polar surface area (TPSA) is 75.9 Å². The Balaban J connectivity index is 3.14. The molecule has 54 valence electrons. The minimum absolute atomic E-state index is 0.110. The average molecular weight is 196 g/mol. The van der Waals surface area contributed by atoms with Crippen LogP contribution in [0.1, 0.15) is 0 Å². The normalized spacial score (nSPS) is 16.0. The van der Waals surface area contributed by atoms with Crippen LogP contribution in [0.15, 0.2) is 10.2 Å². The number of hydrogen-bond acceptors (Lipinski definition) is 4. The summed E-state index contributed by atoms with van der Waals surface area (Å²) < 4.78 is 30.2. The van der Waals surface area contributed by atoms with Gasteiger partial charge in [-0.25, -0.2) is 4.21 Å². The van der Waals surface area contributed by atoms with Gasteiger partial charge in [-0.15, -0.1) is 10.2 Å². The molecule has 0 bridgehead atoms. The number of nitrogens with zero attached hydrogens (tertiary/aromatic N) is 2. The molecule has 0 aliphatic carbocycles. The molecule has 0 radical (unpaired) electrons. The van der Waals surface area contributed by atoms with Crippen molar-refractivity contribution in [2.24, 2.45) is 10.2 Å². The predicted octanol–water partition coefficient (Wildman–Crippen LogP) is -0.548. The van der Waals surface area contributed by atoms with E-state index in [9.17, 15) is 12.6 Å². The van der Waals surface area contributed by atoms with Gasteiger partial charge >= 0.3 is 0 Å². The van der Waals surface area contributed by atoms with E-state index >= 15 is 0 Å². The molecule has 0 aromatic rings. The molecule has 0 spiro atoms. The van der Waals surface area contributed by atoms with Gasteiger partial charge in [0.15, 0.2) is 0 Å². The van der Waals surface area contributed by atoms with Crippen LogP contribution in [0, 0.1) is 0 Å². The van der Waals surface area contributed by atoms with Gasteiger partial charge in [0.2, 0.25) is 18.9 Å². The lowest BCUT2D eigenvalue weighted by atomic mass is 11.4. The van der Waals surface area contributed by atoms with Crippen LogP contribution in [0.3, 0.4) is 0 Å². The first-order valence-electron chi connectivity index (χ1n) is 1.96. The van der Waals surface area contributed by atoms with Gasteiger partial charge in [0.05, 0.1) is 0 Å². The molecule has 10 heavy (non-hydrogen) atoms. The molecule has 0 saturated heterocycles. The zero-order valence-electron chi connectivity index (χ0n) is 4.34. The molecule has 5 nitrogen and oxygen atoms in total. The smallest absolute Gasteiger partial charge is 0.209 e. The first-order valence-corrected chi connectivity index (χ1v) is 4.60. The molecule has 1 heterocycles. The van der Waals surface area contributed by atoms with Crippen LogP contribution in [0.2, 0.25) is 0 Å². The Morgan fingerprint density at radius 2 is 2.10 bits per heavy atom. The highest BCUT2D eigenvalue weighted by atomic mass is 32.2. The van der Waals surface area contributed by atoms with E-state index < -0.39 is 10.3 Å². The standard InChI is InChI=1S/C2N2O3S3/c5-9-1-3-4-2(8-1)10(6)7. The summed E-state index contributed by atoms with van der Waals surface area (Å²) in [5.74, 6) is 0. The molecule has 0 aromatic heterocycles. The number of thioether (sulfide) groups is 1. The second-order valence-corrected chi connectivity index (χ2v) is 4.06. The van der Waals surface area contributed by atoms with Crippen molar-refractivity contribution in [3.63, 3.8) is 0 Å². The monoisotopic (exact) mass is 196 g/mol. The summed E-state index contributed by atoms with van der Waals surface area (Å²) in [5, 5.41) is 6.50. The summed E-state index contributed by atoms with van der Waals surface area (Å²) in [5.41, 5.74) is 0. The third-order valence-electron chi connectivity index (χ3n) is 0.602. The second-order valence-electron chi connectivity index (χ2n) is 1.15. The fraction of sp³-hybridized carbons (Fsp3) is 0. The minimum atomic E-state index is -2.37. The minimum Gasteiger partial charge on any atom is -0.209 e.